The predicted octanol–water partition coefficient (Wildman–Crippen LogP) is 4.23. The third-order valence-corrected chi connectivity index (χ3v) is 2.67. The fourth-order valence-corrected chi connectivity index (χ4v) is 1.70. The van der Waals surface area contributed by atoms with Gasteiger partial charge in [-0.1, -0.05) is 32.1 Å². The van der Waals surface area contributed by atoms with Crippen LogP contribution in [0.2, 0.25) is 0 Å². The van der Waals surface area contributed by atoms with Gasteiger partial charge in [0.1, 0.15) is 0 Å². The van der Waals surface area contributed by atoms with Crippen LogP contribution in [0.1, 0.15) is 32.3 Å². The minimum absolute atomic E-state index is 0.263. The number of rotatable bonds is 5. The average molecular weight is 269 g/mol. The number of alkyl halides is 1. The molecule has 0 radical (unpaired) electrons. The van der Waals surface area contributed by atoms with Gasteiger partial charge in [0.2, 0.25) is 0 Å². The molecule has 0 bridgehead atoms. The molecule has 18 heavy (non-hydrogen) atoms. The van der Waals surface area contributed by atoms with E-state index in [1.165, 1.54) is 6.07 Å². The summed E-state index contributed by atoms with van der Waals surface area (Å²) in [4.78, 5) is 0. The number of benzene rings is 1. The third kappa shape index (κ3) is 4.98. The van der Waals surface area contributed by atoms with Gasteiger partial charge in [-0.15, -0.1) is 11.6 Å². The highest BCUT2D eigenvalue weighted by molar-refractivity contribution is 6.19. The maximum absolute atomic E-state index is 13.5. The maximum atomic E-state index is 13.5. The molecular weight excluding hydrogens is 251 g/mol. The lowest BCUT2D eigenvalue weighted by molar-refractivity contribution is 0.241. The molecule has 0 aliphatic rings. The number of hydrogen-bond acceptors (Lipinski definition) is 1. The fraction of sp³-hybridized carbons (Fsp3) is 0.467. The Labute approximate surface area is 113 Å². The van der Waals surface area contributed by atoms with Crippen LogP contribution in [0.5, 0.6) is 5.75 Å². The van der Waals surface area contributed by atoms with E-state index in [9.17, 15) is 4.39 Å². The third-order valence-electron chi connectivity index (χ3n) is 2.54. The van der Waals surface area contributed by atoms with E-state index in [0.717, 1.165) is 18.4 Å². The molecule has 1 atom stereocenters. The second kappa shape index (κ2) is 8.00. The van der Waals surface area contributed by atoms with Gasteiger partial charge in [0.15, 0.2) is 11.6 Å². The molecule has 0 saturated heterocycles. The van der Waals surface area contributed by atoms with E-state index in [4.69, 9.17) is 16.3 Å². The van der Waals surface area contributed by atoms with Gasteiger partial charge in [0.05, 0.1) is 12.5 Å². The second-order valence-corrected chi connectivity index (χ2v) is 4.55. The van der Waals surface area contributed by atoms with E-state index < -0.39 is 0 Å². The SMILES string of the molecule is CCCC(C)COc1cc(C#CCCl)ccc1F. The predicted molar refractivity (Wildman–Crippen MR) is 73.6 cm³/mol. The Hall–Kier alpha value is -1.20. The van der Waals surface area contributed by atoms with Gasteiger partial charge in [-0.25, -0.2) is 4.39 Å². The van der Waals surface area contributed by atoms with Crippen LogP contribution in [0.4, 0.5) is 4.39 Å². The Morgan fingerprint density at radius 3 is 2.89 bits per heavy atom. The topological polar surface area (TPSA) is 9.23 Å². The van der Waals surface area contributed by atoms with Crippen molar-refractivity contribution < 1.29 is 9.13 Å². The van der Waals surface area contributed by atoms with Gasteiger partial charge in [-0.05, 0) is 30.5 Å². The van der Waals surface area contributed by atoms with Crippen LogP contribution in [0, 0.1) is 23.6 Å². The molecule has 0 aliphatic heterocycles. The van der Waals surface area contributed by atoms with Crippen molar-refractivity contribution in [1.82, 2.24) is 0 Å². The van der Waals surface area contributed by atoms with E-state index in [-0.39, 0.29) is 17.4 Å². The number of ether oxygens (including phenoxy) is 1. The average Bonchev–Trinajstić information content (AvgIpc) is 2.36. The van der Waals surface area contributed by atoms with Crippen molar-refractivity contribution >= 4 is 11.6 Å². The lowest BCUT2D eigenvalue weighted by atomic mass is 10.1. The van der Waals surface area contributed by atoms with E-state index in [0.29, 0.717) is 12.5 Å². The largest absolute Gasteiger partial charge is 0.490 e. The van der Waals surface area contributed by atoms with Crippen LogP contribution in [-0.4, -0.2) is 12.5 Å². The van der Waals surface area contributed by atoms with E-state index in [1.807, 2.05) is 0 Å². The minimum atomic E-state index is -0.352. The van der Waals surface area contributed by atoms with Crippen LogP contribution >= 0.6 is 11.6 Å². The second-order valence-electron chi connectivity index (χ2n) is 4.29. The van der Waals surface area contributed by atoms with Gasteiger partial charge >= 0.3 is 0 Å². The Morgan fingerprint density at radius 2 is 2.22 bits per heavy atom. The molecule has 0 aromatic heterocycles. The molecule has 0 N–H and O–H groups in total. The van der Waals surface area contributed by atoms with Crippen LogP contribution in [0.25, 0.3) is 0 Å². The molecule has 1 unspecified atom stereocenters. The molecule has 0 heterocycles. The molecule has 0 amide bonds. The molecule has 0 aliphatic carbocycles. The normalized spacial score (nSPS) is 11.6. The van der Waals surface area contributed by atoms with Crippen molar-refractivity contribution in [2.45, 2.75) is 26.7 Å². The van der Waals surface area contributed by atoms with Gasteiger partial charge in [0.25, 0.3) is 0 Å². The lowest BCUT2D eigenvalue weighted by Gasteiger charge is -2.12. The summed E-state index contributed by atoms with van der Waals surface area (Å²) in [7, 11) is 0. The Morgan fingerprint density at radius 1 is 1.44 bits per heavy atom. The first-order valence-electron chi connectivity index (χ1n) is 6.14. The Balaban J connectivity index is 2.69. The zero-order valence-corrected chi connectivity index (χ0v) is 11.6. The molecule has 1 nitrogen and oxygen atoms in total. The van der Waals surface area contributed by atoms with Crippen molar-refractivity contribution in [3.8, 4) is 17.6 Å². The van der Waals surface area contributed by atoms with Crippen LogP contribution in [0.3, 0.4) is 0 Å². The van der Waals surface area contributed by atoms with Crippen molar-refractivity contribution in [3.63, 3.8) is 0 Å². The Bertz CT molecular complexity index is 434. The fourth-order valence-electron chi connectivity index (χ4n) is 1.64. The zero-order chi connectivity index (χ0) is 13.4. The first kappa shape index (κ1) is 14.9. The van der Waals surface area contributed by atoms with Gasteiger partial charge < -0.3 is 4.74 Å². The number of hydrogen-bond donors (Lipinski definition) is 0. The maximum Gasteiger partial charge on any atom is 0.165 e. The molecule has 0 fully saturated rings. The van der Waals surface area contributed by atoms with Gasteiger partial charge in [-0.3, -0.25) is 0 Å². The monoisotopic (exact) mass is 268 g/mol. The summed E-state index contributed by atoms with van der Waals surface area (Å²) in [6, 6.07) is 4.61. The quantitative estimate of drug-likeness (QED) is 0.574. The van der Waals surface area contributed by atoms with Crippen molar-refractivity contribution in [1.29, 1.82) is 0 Å². The molecule has 0 saturated carbocycles. The summed E-state index contributed by atoms with van der Waals surface area (Å²) >= 11 is 5.48. The van der Waals surface area contributed by atoms with E-state index in [1.54, 1.807) is 12.1 Å². The molecule has 3 heteroatoms. The van der Waals surface area contributed by atoms with E-state index >= 15 is 0 Å². The molecule has 1 aromatic rings. The minimum Gasteiger partial charge on any atom is -0.490 e. The molecule has 0 spiro atoms. The van der Waals surface area contributed by atoms with Crippen LogP contribution in [0.15, 0.2) is 18.2 Å². The van der Waals surface area contributed by atoms with Crippen molar-refractivity contribution in [2.75, 3.05) is 12.5 Å². The summed E-state index contributed by atoms with van der Waals surface area (Å²) in [5.41, 5.74) is 0.718. The molecule has 1 aromatic carbocycles. The number of halogens is 2. The smallest absolute Gasteiger partial charge is 0.165 e. The Kier molecular flexibility index (Phi) is 6.60. The highest BCUT2D eigenvalue weighted by Gasteiger charge is 2.07. The van der Waals surface area contributed by atoms with Crippen molar-refractivity contribution in [2.24, 2.45) is 5.92 Å². The molecule has 98 valence electrons. The standard InChI is InChI=1S/C15H18ClFO/c1-3-5-12(2)11-18-15-10-13(6-4-9-16)7-8-14(15)17/h7-8,10,12H,3,5,9,11H2,1-2H3. The van der Waals surface area contributed by atoms with Crippen molar-refractivity contribution in [3.05, 3.63) is 29.6 Å². The van der Waals surface area contributed by atoms with Crippen LogP contribution < -0.4 is 4.74 Å². The first-order chi connectivity index (χ1) is 8.67. The summed E-state index contributed by atoms with van der Waals surface area (Å²) in [6.45, 7) is 4.75. The summed E-state index contributed by atoms with van der Waals surface area (Å²) in [5, 5.41) is 0. The lowest BCUT2D eigenvalue weighted by Crippen LogP contribution is -2.09. The summed E-state index contributed by atoms with van der Waals surface area (Å²) < 4.78 is 19.0. The van der Waals surface area contributed by atoms with Gasteiger partial charge in [0, 0.05) is 5.56 Å². The van der Waals surface area contributed by atoms with Gasteiger partial charge in [-0.2, -0.15) is 0 Å². The highest BCUT2D eigenvalue weighted by atomic mass is 35.5. The molecule has 1 rings (SSSR count). The van der Waals surface area contributed by atoms with E-state index in [2.05, 4.69) is 25.7 Å². The highest BCUT2D eigenvalue weighted by Crippen LogP contribution is 2.19. The first-order valence-corrected chi connectivity index (χ1v) is 6.68. The summed E-state index contributed by atoms with van der Waals surface area (Å²) in [6.07, 6.45) is 2.18. The zero-order valence-electron chi connectivity index (χ0n) is 10.8. The van der Waals surface area contributed by atoms with Crippen LogP contribution in [-0.2, 0) is 0 Å². The summed E-state index contributed by atoms with van der Waals surface area (Å²) in [5.74, 6) is 6.18. The molecular formula is C15H18ClFO.